The van der Waals surface area contributed by atoms with E-state index in [1.807, 2.05) is 30.3 Å². The SMILES string of the molecule is Cc1[nH]c2ccccc2c1C(c1cc(Cl)cc(Cl)c1O)c1c(C)[nH]c2ccccc12. The fraction of sp³-hybridized carbons (Fsp3) is 0.120. The molecule has 0 radical (unpaired) electrons. The molecule has 150 valence electrons. The van der Waals surface area contributed by atoms with E-state index in [0.717, 1.165) is 44.3 Å². The van der Waals surface area contributed by atoms with Crippen molar-refractivity contribution in [2.75, 3.05) is 0 Å². The quantitative estimate of drug-likeness (QED) is 0.271. The number of nitrogens with one attached hydrogen (secondary N) is 2. The van der Waals surface area contributed by atoms with E-state index in [2.05, 4.69) is 48.1 Å². The molecule has 0 aliphatic heterocycles. The third-order valence-corrected chi connectivity index (χ3v) is 6.34. The summed E-state index contributed by atoms with van der Waals surface area (Å²) in [6, 6.07) is 19.8. The van der Waals surface area contributed by atoms with Crippen molar-refractivity contribution in [1.82, 2.24) is 9.97 Å². The molecule has 5 rings (SSSR count). The molecule has 0 unspecified atom stereocenters. The van der Waals surface area contributed by atoms with Crippen LogP contribution in [0.1, 0.15) is 34.0 Å². The van der Waals surface area contributed by atoms with Gasteiger partial charge < -0.3 is 15.1 Å². The summed E-state index contributed by atoms with van der Waals surface area (Å²) in [5.41, 5.74) is 7.09. The Morgan fingerprint density at radius 2 is 1.27 bits per heavy atom. The lowest BCUT2D eigenvalue weighted by Gasteiger charge is -2.22. The molecule has 0 amide bonds. The number of benzene rings is 3. The normalized spacial score (nSPS) is 11.8. The molecule has 3 aromatic carbocycles. The molecule has 0 spiro atoms. The van der Waals surface area contributed by atoms with Crippen LogP contribution in [0.5, 0.6) is 5.75 Å². The molecule has 3 N–H and O–H groups in total. The Bertz CT molecular complexity index is 1330. The number of phenolic OH excluding ortho intramolecular Hbond substituents is 1. The molecular weight excluding hydrogens is 415 g/mol. The summed E-state index contributed by atoms with van der Waals surface area (Å²) < 4.78 is 0. The van der Waals surface area contributed by atoms with Gasteiger partial charge in [-0.1, -0.05) is 59.6 Å². The van der Waals surface area contributed by atoms with Crippen LogP contribution >= 0.6 is 23.2 Å². The van der Waals surface area contributed by atoms with Crippen molar-refractivity contribution >= 4 is 45.0 Å². The molecule has 5 aromatic rings. The van der Waals surface area contributed by atoms with Crippen molar-refractivity contribution in [2.45, 2.75) is 19.8 Å². The van der Waals surface area contributed by atoms with Gasteiger partial charge in [0, 0.05) is 49.7 Å². The zero-order valence-electron chi connectivity index (χ0n) is 16.6. The van der Waals surface area contributed by atoms with Gasteiger partial charge in [-0.3, -0.25) is 0 Å². The summed E-state index contributed by atoms with van der Waals surface area (Å²) in [5.74, 6) is -0.200. The molecule has 0 aliphatic rings. The van der Waals surface area contributed by atoms with Gasteiger partial charge in [-0.15, -0.1) is 0 Å². The van der Waals surface area contributed by atoms with Crippen molar-refractivity contribution in [3.8, 4) is 5.75 Å². The second-order valence-corrected chi connectivity index (χ2v) is 8.52. The first-order chi connectivity index (χ1) is 14.5. The number of fused-ring (bicyclic) bond motifs is 2. The minimum atomic E-state index is -0.256. The molecule has 5 heteroatoms. The van der Waals surface area contributed by atoms with Gasteiger partial charge in [-0.25, -0.2) is 0 Å². The lowest BCUT2D eigenvalue weighted by atomic mass is 9.81. The standard InChI is InChI=1S/C25H20Cl2N2O/c1-13-22(16-7-3-5-9-20(16)28-13)24(18-11-15(26)12-19(27)25(18)30)23-14(2)29-21-10-6-4-8-17(21)23/h3-12,24,28-30H,1-2H3. The summed E-state index contributed by atoms with van der Waals surface area (Å²) in [4.78, 5) is 7.00. The maximum absolute atomic E-state index is 11.0. The van der Waals surface area contributed by atoms with Crippen LogP contribution in [-0.4, -0.2) is 15.1 Å². The average Bonchev–Trinajstić information content (AvgIpc) is 3.22. The van der Waals surface area contributed by atoms with Gasteiger partial charge in [0.05, 0.1) is 5.02 Å². The van der Waals surface area contributed by atoms with Crippen LogP contribution in [0.2, 0.25) is 10.0 Å². The van der Waals surface area contributed by atoms with Gasteiger partial charge in [0.25, 0.3) is 0 Å². The molecule has 3 nitrogen and oxygen atoms in total. The number of aryl methyl sites for hydroxylation is 2. The number of hydrogen-bond donors (Lipinski definition) is 3. The zero-order chi connectivity index (χ0) is 21.0. The summed E-state index contributed by atoms with van der Waals surface area (Å²) in [6.45, 7) is 4.13. The molecular formula is C25H20Cl2N2O. The maximum Gasteiger partial charge on any atom is 0.138 e. The summed E-state index contributed by atoms with van der Waals surface area (Å²) >= 11 is 12.7. The summed E-state index contributed by atoms with van der Waals surface area (Å²) in [5, 5.41) is 14.0. The second kappa shape index (κ2) is 7.12. The molecule has 2 heterocycles. The van der Waals surface area contributed by atoms with Crippen molar-refractivity contribution in [2.24, 2.45) is 0 Å². The van der Waals surface area contributed by atoms with Gasteiger partial charge in [0.15, 0.2) is 0 Å². The van der Waals surface area contributed by atoms with Crippen molar-refractivity contribution in [1.29, 1.82) is 0 Å². The zero-order valence-corrected chi connectivity index (χ0v) is 18.1. The molecule has 30 heavy (non-hydrogen) atoms. The lowest BCUT2D eigenvalue weighted by molar-refractivity contribution is 0.467. The predicted molar refractivity (Wildman–Crippen MR) is 125 cm³/mol. The van der Waals surface area contributed by atoms with Gasteiger partial charge >= 0.3 is 0 Å². The van der Waals surface area contributed by atoms with Gasteiger partial charge in [0.1, 0.15) is 5.75 Å². The monoisotopic (exact) mass is 434 g/mol. The summed E-state index contributed by atoms with van der Waals surface area (Å²) in [6.07, 6.45) is 0. The second-order valence-electron chi connectivity index (χ2n) is 7.68. The smallest absolute Gasteiger partial charge is 0.138 e. The number of aromatic amines is 2. The lowest BCUT2D eigenvalue weighted by Crippen LogP contribution is -2.06. The third kappa shape index (κ3) is 2.89. The third-order valence-electron chi connectivity index (χ3n) is 5.83. The average molecular weight is 435 g/mol. The number of halogens is 2. The highest BCUT2D eigenvalue weighted by molar-refractivity contribution is 6.35. The van der Waals surface area contributed by atoms with Gasteiger partial charge in [0.2, 0.25) is 0 Å². The van der Waals surface area contributed by atoms with Crippen LogP contribution in [-0.2, 0) is 0 Å². The van der Waals surface area contributed by atoms with E-state index < -0.39 is 0 Å². The number of para-hydroxylation sites is 2. The van der Waals surface area contributed by atoms with Crippen LogP contribution in [0.15, 0.2) is 60.7 Å². The van der Waals surface area contributed by atoms with E-state index in [0.29, 0.717) is 10.6 Å². The van der Waals surface area contributed by atoms with Crippen LogP contribution in [0.3, 0.4) is 0 Å². The number of aromatic nitrogens is 2. The van der Waals surface area contributed by atoms with Gasteiger partial charge in [-0.05, 0) is 49.2 Å². The largest absolute Gasteiger partial charge is 0.506 e. The van der Waals surface area contributed by atoms with Crippen LogP contribution in [0.4, 0.5) is 0 Å². The van der Waals surface area contributed by atoms with E-state index >= 15 is 0 Å². The van der Waals surface area contributed by atoms with Gasteiger partial charge in [-0.2, -0.15) is 0 Å². The van der Waals surface area contributed by atoms with E-state index in [9.17, 15) is 5.11 Å². The number of phenols is 1. The molecule has 0 fully saturated rings. The van der Waals surface area contributed by atoms with Crippen molar-refractivity contribution < 1.29 is 5.11 Å². The Morgan fingerprint density at radius 3 is 1.80 bits per heavy atom. The first-order valence-electron chi connectivity index (χ1n) is 9.78. The Labute approximate surface area is 184 Å². The Morgan fingerprint density at radius 1 is 0.767 bits per heavy atom. The minimum Gasteiger partial charge on any atom is -0.506 e. The van der Waals surface area contributed by atoms with Crippen LogP contribution < -0.4 is 0 Å². The molecule has 0 bridgehead atoms. The molecule has 0 saturated heterocycles. The maximum atomic E-state index is 11.0. The highest BCUT2D eigenvalue weighted by Crippen LogP contribution is 2.47. The number of aromatic hydroxyl groups is 1. The van der Waals surface area contributed by atoms with Crippen molar-refractivity contribution in [3.05, 3.63) is 98.8 Å². The van der Waals surface area contributed by atoms with E-state index in [1.165, 1.54) is 0 Å². The Balaban J connectivity index is 1.93. The number of hydrogen-bond acceptors (Lipinski definition) is 1. The highest BCUT2D eigenvalue weighted by atomic mass is 35.5. The van der Waals surface area contributed by atoms with E-state index in [1.54, 1.807) is 6.07 Å². The molecule has 0 saturated carbocycles. The fourth-order valence-electron chi connectivity index (χ4n) is 4.60. The van der Waals surface area contributed by atoms with E-state index in [4.69, 9.17) is 23.2 Å². The van der Waals surface area contributed by atoms with Crippen LogP contribution in [0, 0.1) is 13.8 Å². The number of H-pyrrole nitrogens is 2. The Hall–Kier alpha value is -2.88. The highest BCUT2D eigenvalue weighted by Gasteiger charge is 2.30. The molecule has 2 aromatic heterocycles. The topological polar surface area (TPSA) is 51.8 Å². The predicted octanol–water partition coefficient (Wildman–Crippen LogP) is 7.46. The van der Waals surface area contributed by atoms with Crippen LogP contribution in [0.25, 0.3) is 21.8 Å². The number of rotatable bonds is 3. The summed E-state index contributed by atoms with van der Waals surface area (Å²) in [7, 11) is 0. The van der Waals surface area contributed by atoms with E-state index in [-0.39, 0.29) is 16.7 Å². The Kier molecular flexibility index (Phi) is 4.53. The molecule has 0 aliphatic carbocycles. The first kappa shape index (κ1) is 19.1. The van der Waals surface area contributed by atoms with Crippen molar-refractivity contribution in [3.63, 3.8) is 0 Å². The minimum absolute atomic E-state index is 0.0560. The fourth-order valence-corrected chi connectivity index (χ4v) is 5.11. The first-order valence-corrected chi connectivity index (χ1v) is 10.5. The molecule has 0 atom stereocenters.